The summed E-state index contributed by atoms with van der Waals surface area (Å²) in [6.07, 6.45) is 22.5. The van der Waals surface area contributed by atoms with Crippen LogP contribution in [0.5, 0.6) is 0 Å². The van der Waals surface area contributed by atoms with Crippen molar-refractivity contribution in [3.05, 3.63) is 85.1 Å². The van der Waals surface area contributed by atoms with E-state index in [0.29, 0.717) is 6.04 Å². The van der Waals surface area contributed by atoms with Gasteiger partial charge in [-0.2, -0.15) is 5.10 Å². The quantitative estimate of drug-likeness (QED) is 0.353. The summed E-state index contributed by atoms with van der Waals surface area (Å²) in [7, 11) is 1.78. The van der Waals surface area contributed by atoms with Gasteiger partial charge < -0.3 is 4.74 Å². The zero-order chi connectivity index (χ0) is 21.2. The van der Waals surface area contributed by atoms with Gasteiger partial charge in [-0.05, 0) is 95.1 Å². The smallest absolute Gasteiger partial charge is 0.382 e. The molecular formula is C26H34FeN2OS+2. The second kappa shape index (κ2) is 14.7. The maximum Gasteiger partial charge on any atom is 2.00 e. The monoisotopic (exact) mass is 478 g/mol. The number of hydrogen-bond donors (Lipinski definition) is 0. The average Bonchev–Trinajstić information content (AvgIpc) is 3.54. The van der Waals surface area contributed by atoms with Crippen LogP contribution >= 0.6 is 11.3 Å². The molecule has 3 fully saturated rings. The maximum atomic E-state index is 5.40. The minimum atomic E-state index is 0. The van der Waals surface area contributed by atoms with Crippen LogP contribution in [0.1, 0.15) is 49.3 Å². The summed E-state index contributed by atoms with van der Waals surface area (Å²) in [4.78, 5) is 2.74. The first-order valence-electron chi connectivity index (χ1n) is 11.1. The molecule has 5 heteroatoms. The summed E-state index contributed by atoms with van der Waals surface area (Å²) in [5.74, 6) is 2.55. The number of ether oxygens (including phenoxy) is 1. The van der Waals surface area contributed by atoms with Gasteiger partial charge in [-0.3, -0.25) is 5.01 Å². The van der Waals surface area contributed by atoms with E-state index in [4.69, 9.17) is 9.84 Å². The molecule has 1 aromatic rings. The summed E-state index contributed by atoms with van der Waals surface area (Å²) in [5, 5.41) is 7.37. The standard InChI is InChI=1S/C21H29N2OS.C5H5.Fe/c1-4-5-10-18-12-13-20(25-18)21(19-11-6-8-16(19)2)22-23-14-7-9-17(23)15-24-3;1-2-4-5-3-1;/h6,8,11-13,17H,4-5,7,9-10,14-15H2,1-3H3;1-5H;/q;;+2/b22-21-;;/t17-;;/m0../s1. The molecule has 0 N–H and O–H groups in total. The predicted molar refractivity (Wildman–Crippen MR) is 128 cm³/mol. The van der Waals surface area contributed by atoms with E-state index in [-0.39, 0.29) is 17.1 Å². The van der Waals surface area contributed by atoms with Gasteiger partial charge in [-0.15, -0.1) is 11.3 Å². The second-order valence-electron chi connectivity index (χ2n) is 7.82. The van der Waals surface area contributed by atoms with Crippen molar-refractivity contribution >= 4 is 17.0 Å². The normalized spacial score (nSPS) is 22.5. The van der Waals surface area contributed by atoms with Crippen LogP contribution in [0.4, 0.5) is 0 Å². The SMILES string of the molecule is CCCCc1ccc(/C(=N\N2CCC[C@H]2COC)[C]2[CH][CH][CH][C]2C)s1.[CH]1[CH][CH][CH][CH]1.[Fe+2]. The number of methoxy groups -OCH3 is 1. The van der Waals surface area contributed by atoms with Gasteiger partial charge in [-0.25, -0.2) is 0 Å². The zero-order valence-electron chi connectivity index (χ0n) is 18.9. The fourth-order valence-electron chi connectivity index (χ4n) is 3.77. The van der Waals surface area contributed by atoms with Crippen molar-refractivity contribution in [1.82, 2.24) is 5.01 Å². The minimum Gasteiger partial charge on any atom is -0.382 e. The summed E-state index contributed by atoms with van der Waals surface area (Å²) >= 11 is 1.90. The van der Waals surface area contributed by atoms with Crippen LogP contribution in [0.25, 0.3) is 0 Å². The number of thiophene rings is 1. The topological polar surface area (TPSA) is 24.8 Å². The first-order valence-corrected chi connectivity index (χ1v) is 11.9. The molecule has 2 aliphatic carbocycles. The molecule has 1 aromatic heterocycles. The third-order valence-electron chi connectivity index (χ3n) is 5.45. The van der Waals surface area contributed by atoms with Gasteiger partial charge >= 0.3 is 17.1 Å². The Morgan fingerprint density at radius 3 is 2.48 bits per heavy atom. The Balaban J connectivity index is 0.000000501. The molecule has 0 amide bonds. The fourth-order valence-corrected chi connectivity index (χ4v) is 4.81. The largest absolute Gasteiger partial charge is 2.00 e. The molecule has 3 nitrogen and oxygen atoms in total. The molecule has 10 radical (unpaired) electrons. The Bertz CT molecular complexity index is 635. The Kier molecular flexibility index (Phi) is 12.8. The van der Waals surface area contributed by atoms with Gasteiger partial charge in [0.15, 0.2) is 0 Å². The van der Waals surface area contributed by atoms with Crippen molar-refractivity contribution in [3.63, 3.8) is 0 Å². The first-order chi connectivity index (χ1) is 14.7. The van der Waals surface area contributed by atoms with Crippen molar-refractivity contribution in [2.75, 3.05) is 20.3 Å². The van der Waals surface area contributed by atoms with Crippen LogP contribution in [0.3, 0.4) is 0 Å². The molecule has 0 bridgehead atoms. The van der Waals surface area contributed by atoms with Gasteiger partial charge in [0.05, 0.1) is 23.2 Å². The molecule has 1 atom stereocenters. The van der Waals surface area contributed by atoms with Crippen molar-refractivity contribution < 1.29 is 21.8 Å². The molecule has 1 aliphatic heterocycles. The number of unbranched alkanes of at least 4 members (excludes halogenated alkanes) is 1. The van der Waals surface area contributed by atoms with Crippen molar-refractivity contribution in [3.8, 4) is 0 Å². The average molecular weight is 478 g/mol. The van der Waals surface area contributed by atoms with E-state index < -0.39 is 0 Å². The Labute approximate surface area is 205 Å². The van der Waals surface area contributed by atoms with Crippen molar-refractivity contribution in [2.24, 2.45) is 5.10 Å². The van der Waals surface area contributed by atoms with Gasteiger partial charge in [-0.1, -0.05) is 20.3 Å². The third kappa shape index (κ3) is 8.18. The van der Waals surface area contributed by atoms with Crippen LogP contribution in [-0.2, 0) is 28.2 Å². The summed E-state index contributed by atoms with van der Waals surface area (Å²) in [5.41, 5.74) is 1.12. The number of aryl methyl sites for hydroxylation is 1. The van der Waals surface area contributed by atoms with Crippen molar-refractivity contribution in [2.45, 2.75) is 52.0 Å². The van der Waals surface area contributed by atoms with Crippen LogP contribution in [-0.4, -0.2) is 37.0 Å². The molecule has 4 rings (SSSR count). The van der Waals surface area contributed by atoms with E-state index in [1.165, 1.54) is 47.3 Å². The summed E-state index contributed by atoms with van der Waals surface area (Å²) < 4.78 is 5.40. The molecular weight excluding hydrogens is 444 g/mol. The molecule has 1 saturated heterocycles. The molecule has 31 heavy (non-hydrogen) atoms. The number of rotatable bonds is 8. The van der Waals surface area contributed by atoms with E-state index in [0.717, 1.165) is 25.3 Å². The number of nitrogens with zero attached hydrogens (tertiary/aromatic N) is 2. The molecule has 2 heterocycles. The van der Waals surface area contributed by atoms with Gasteiger partial charge in [0, 0.05) is 24.4 Å². The third-order valence-corrected chi connectivity index (χ3v) is 6.60. The molecule has 0 unspecified atom stereocenters. The van der Waals surface area contributed by atoms with E-state index >= 15 is 0 Å². The van der Waals surface area contributed by atoms with E-state index in [2.05, 4.69) is 50.3 Å². The van der Waals surface area contributed by atoms with E-state index in [9.17, 15) is 0 Å². The Morgan fingerprint density at radius 2 is 1.87 bits per heavy atom. The fraction of sp³-hybridized carbons (Fsp3) is 0.423. The second-order valence-corrected chi connectivity index (χ2v) is 8.99. The molecule has 3 aliphatic rings. The minimum absolute atomic E-state index is 0. The molecule has 0 aromatic carbocycles. The van der Waals surface area contributed by atoms with Crippen LogP contribution in [0, 0.1) is 63.2 Å². The van der Waals surface area contributed by atoms with Gasteiger partial charge in [0.25, 0.3) is 0 Å². The maximum absolute atomic E-state index is 5.40. The molecule has 2 saturated carbocycles. The zero-order valence-corrected chi connectivity index (χ0v) is 20.8. The van der Waals surface area contributed by atoms with Gasteiger partial charge in [0.1, 0.15) is 0 Å². The van der Waals surface area contributed by atoms with Crippen LogP contribution in [0.2, 0.25) is 0 Å². The summed E-state index contributed by atoms with van der Waals surface area (Å²) in [6, 6.07) is 4.93. The molecule has 0 spiro atoms. The van der Waals surface area contributed by atoms with E-state index in [1.807, 2.05) is 43.4 Å². The number of hydrazone groups is 1. The van der Waals surface area contributed by atoms with E-state index in [1.54, 1.807) is 7.11 Å². The summed E-state index contributed by atoms with van der Waals surface area (Å²) in [6.45, 7) is 6.19. The first kappa shape index (κ1) is 26.9. The van der Waals surface area contributed by atoms with Gasteiger partial charge in [0.2, 0.25) is 0 Å². The predicted octanol–water partition coefficient (Wildman–Crippen LogP) is 5.72. The van der Waals surface area contributed by atoms with Crippen LogP contribution in [0.15, 0.2) is 17.2 Å². The Hall–Kier alpha value is -0.351. The number of hydrogen-bond acceptors (Lipinski definition) is 4. The molecule has 166 valence electrons. The van der Waals surface area contributed by atoms with Crippen LogP contribution < -0.4 is 0 Å². The van der Waals surface area contributed by atoms with Crippen molar-refractivity contribution in [1.29, 1.82) is 0 Å². The Morgan fingerprint density at radius 1 is 1.13 bits per heavy atom.